The van der Waals surface area contributed by atoms with Crippen molar-refractivity contribution in [1.29, 1.82) is 0 Å². The fraction of sp³-hybridized carbons (Fsp3) is 0.333. The number of carbonyl (C=O) groups excluding carboxylic acids is 1. The number of likely N-dealkylation sites (tertiary alicyclic amines) is 1. The first kappa shape index (κ1) is 16.6. The standard InChI is InChI=1S/C21H21N3O2/c1-14(2)24-13-21(12-18(24)22-3)20(25)23-17-11-7-10-16(19(17)26-21)15-8-5-4-6-9-15/h4-11,14,18H,12-13H2,1-2H3,(H,23,25)/t18-,21+/m0/s1. The normalized spacial score (nSPS) is 24.8. The molecule has 1 N–H and O–H groups in total. The fourth-order valence-electron chi connectivity index (χ4n) is 3.83. The molecule has 5 nitrogen and oxygen atoms in total. The van der Waals surface area contributed by atoms with Gasteiger partial charge in [-0.25, -0.2) is 11.5 Å². The highest BCUT2D eigenvalue weighted by atomic mass is 16.5. The van der Waals surface area contributed by atoms with Gasteiger partial charge < -0.3 is 10.1 Å². The van der Waals surface area contributed by atoms with Crippen LogP contribution in [-0.4, -0.2) is 35.2 Å². The van der Waals surface area contributed by atoms with Gasteiger partial charge in [0.05, 0.1) is 18.7 Å². The van der Waals surface area contributed by atoms with E-state index >= 15 is 0 Å². The maximum absolute atomic E-state index is 12.9. The zero-order valence-electron chi connectivity index (χ0n) is 14.9. The van der Waals surface area contributed by atoms with Gasteiger partial charge in [-0.3, -0.25) is 9.64 Å². The second-order valence-electron chi connectivity index (χ2n) is 7.18. The molecule has 26 heavy (non-hydrogen) atoms. The van der Waals surface area contributed by atoms with Crippen molar-refractivity contribution < 1.29 is 9.53 Å². The van der Waals surface area contributed by atoms with E-state index in [9.17, 15) is 4.79 Å². The lowest BCUT2D eigenvalue weighted by molar-refractivity contribution is -0.131. The third-order valence-corrected chi connectivity index (χ3v) is 5.20. The summed E-state index contributed by atoms with van der Waals surface area (Å²) in [6.07, 6.45) is 0.0366. The van der Waals surface area contributed by atoms with Gasteiger partial charge in [-0.05, 0) is 25.5 Å². The molecule has 0 aliphatic carbocycles. The van der Waals surface area contributed by atoms with E-state index in [1.165, 1.54) is 0 Å². The van der Waals surface area contributed by atoms with Crippen molar-refractivity contribution in [3.63, 3.8) is 0 Å². The Bertz CT molecular complexity index is 888. The summed E-state index contributed by atoms with van der Waals surface area (Å²) < 4.78 is 6.39. The Hall–Kier alpha value is -2.84. The van der Waals surface area contributed by atoms with E-state index in [1.54, 1.807) is 0 Å². The van der Waals surface area contributed by atoms with E-state index in [2.05, 4.69) is 10.2 Å². The largest absolute Gasteiger partial charge is 0.473 e. The Labute approximate surface area is 153 Å². The van der Waals surface area contributed by atoms with E-state index in [0.29, 0.717) is 24.4 Å². The van der Waals surface area contributed by atoms with Gasteiger partial charge in [-0.2, -0.15) is 0 Å². The highest BCUT2D eigenvalue weighted by Gasteiger charge is 2.57. The molecule has 0 bridgehead atoms. The summed E-state index contributed by atoms with van der Waals surface area (Å²) in [6.45, 7) is 12.0. The van der Waals surface area contributed by atoms with Crippen LogP contribution < -0.4 is 10.1 Å². The van der Waals surface area contributed by atoms with Crippen molar-refractivity contribution in [2.24, 2.45) is 0 Å². The zero-order valence-corrected chi connectivity index (χ0v) is 14.9. The van der Waals surface area contributed by atoms with Gasteiger partial charge >= 0.3 is 0 Å². The highest BCUT2D eigenvalue weighted by Crippen LogP contribution is 2.45. The summed E-state index contributed by atoms with van der Waals surface area (Å²) in [7, 11) is 0. The molecule has 0 radical (unpaired) electrons. The molecule has 0 saturated carbocycles. The molecule has 1 fully saturated rings. The molecule has 1 saturated heterocycles. The molecular weight excluding hydrogens is 326 g/mol. The minimum absolute atomic E-state index is 0.160. The summed E-state index contributed by atoms with van der Waals surface area (Å²) >= 11 is 0. The second kappa shape index (κ2) is 6.15. The van der Waals surface area contributed by atoms with Crippen LogP contribution >= 0.6 is 0 Å². The van der Waals surface area contributed by atoms with Crippen LogP contribution in [0.2, 0.25) is 0 Å². The number of carbonyl (C=O) groups is 1. The predicted octanol–water partition coefficient (Wildman–Crippen LogP) is 3.78. The van der Waals surface area contributed by atoms with Gasteiger partial charge in [0.2, 0.25) is 5.60 Å². The maximum Gasteiger partial charge on any atom is 0.284 e. The van der Waals surface area contributed by atoms with Crippen LogP contribution in [0.4, 0.5) is 5.69 Å². The van der Waals surface area contributed by atoms with Crippen LogP contribution in [0.1, 0.15) is 20.3 Å². The molecule has 2 aromatic rings. The number of amides is 1. The third-order valence-electron chi connectivity index (χ3n) is 5.20. The summed E-state index contributed by atoms with van der Waals surface area (Å²) in [4.78, 5) is 18.7. The summed E-state index contributed by atoms with van der Waals surface area (Å²) in [5.74, 6) is 0.527. The van der Waals surface area contributed by atoms with Gasteiger partial charge in [-0.1, -0.05) is 42.5 Å². The molecule has 1 spiro atoms. The first-order valence-corrected chi connectivity index (χ1v) is 8.85. The molecule has 2 aromatic carbocycles. The molecule has 4 rings (SSSR count). The zero-order chi connectivity index (χ0) is 18.3. The number of anilines is 1. The Morgan fingerprint density at radius 3 is 2.65 bits per heavy atom. The summed E-state index contributed by atoms with van der Waals surface area (Å²) in [6, 6.07) is 15.9. The average Bonchev–Trinajstić information content (AvgIpc) is 3.03. The van der Waals surface area contributed by atoms with Gasteiger partial charge in [0, 0.05) is 11.6 Å². The molecule has 2 heterocycles. The molecule has 5 heteroatoms. The van der Waals surface area contributed by atoms with Crippen molar-refractivity contribution in [1.82, 2.24) is 4.90 Å². The van der Waals surface area contributed by atoms with Crippen LogP contribution in [-0.2, 0) is 4.79 Å². The fourth-order valence-corrected chi connectivity index (χ4v) is 3.83. The lowest BCUT2D eigenvalue weighted by Crippen LogP contribution is -2.53. The molecule has 2 atom stereocenters. The van der Waals surface area contributed by atoms with Crippen molar-refractivity contribution in [2.75, 3.05) is 11.9 Å². The smallest absolute Gasteiger partial charge is 0.284 e. The van der Waals surface area contributed by atoms with Crippen LogP contribution in [0.3, 0.4) is 0 Å². The van der Waals surface area contributed by atoms with Crippen molar-refractivity contribution >= 4 is 11.6 Å². The molecule has 1 amide bonds. The Morgan fingerprint density at radius 2 is 2.00 bits per heavy atom. The summed E-state index contributed by atoms with van der Waals surface area (Å²) in [5.41, 5.74) is 1.66. The van der Waals surface area contributed by atoms with Gasteiger partial charge in [-0.15, -0.1) is 0 Å². The van der Waals surface area contributed by atoms with E-state index < -0.39 is 5.60 Å². The Kier molecular flexibility index (Phi) is 3.93. The number of rotatable bonds is 2. The number of nitrogens with one attached hydrogen (secondary N) is 1. The second-order valence-corrected chi connectivity index (χ2v) is 7.18. The van der Waals surface area contributed by atoms with E-state index in [4.69, 9.17) is 11.3 Å². The number of para-hydroxylation sites is 1. The average molecular weight is 347 g/mol. The molecule has 0 unspecified atom stereocenters. The molecular formula is C21H21N3O2. The van der Waals surface area contributed by atoms with Gasteiger partial charge in [0.1, 0.15) is 0 Å². The van der Waals surface area contributed by atoms with Crippen molar-refractivity contribution in [2.45, 2.75) is 38.1 Å². The van der Waals surface area contributed by atoms with Crippen LogP contribution in [0.5, 0.6) is 5.75 Å². The van der Waals surface area contributed by atoms with E-state index in [-0.39, 0.29) is 18.1 Å². The monoisotopic (exact) mass is 347 g/mol. The van der Waals surface area contributed by atoms with Crippen molar-refractivity contribution in [3.05, 3.63) is 59.9 Å². The number of hydrogen-bond donors (Lipinski definition) is 1. The molecule has 2 aliphatic rings. The number of fused-ring (bicyclic) bond motifs is 1. The topological polar surface area (TPSA) is 45.9 Å². The third kappa shape index (κ3) is 2.54. The molecule has 0 aromatic heterocycles. The Morgan fingerprint density at radius 1 is 1.23 bits per heavy atom. The van der Waals surface area contributed by atoms with E-state index in [1.807, 2.05) is 67.3 Å². The summed E-state index contributed by atoms with van der Waals surface area (Å²) in [5, 5.41) is 3.01. The van der Waals surface area contributed by atoms with Crippen molar-refractivity contribution in [3.8, 4) is 16.9 Å². The van der Waals surface area contributed by atoms with Crippen LogP contribution in [0.15, 0.2) is 48.5 Å². The number of nitrogens with zero attached hydrogens (tertiary/aromatic N) is 2. The number of benzene rings is 2. The minimum Gasteiger partial charge on any atom is -0.473 e. The van der Waals surface area contributed by atoms with Gasteiger partial charge in [0.25, 0.3) is 12.1 Å². The number of hydrogen-bond acceptors (Lipinski definition) is 3. The molecule has 2 aliphatic heterocycles. The van der Waals surface area contributed by atoms with Crippen LogP contribution in [0, 0.1) is 6.57 Å². The Balaban J connectivity index is 1.77. The first-order valence-electron chi connectivity index (χ1n) is 8.85. The lowest BCUT2D eigenvalue weighted by atomic mass is 9.96. The highest BCUT2D eigenvalue weighted by molar-refractivity contribution is 6.03. The van der Waals surface area contributed by atoms with Crippen LogP contribution in [0.25, 0.3) is 16.0 Å². The predicted molar refractivity (Wildman–Crippen MR) is 101 cm³/mol. The van der Waals surface area contributed by atoms with Gasteiger partial charge in [0.15, 0.2) is 5.75 Å². The maximum atomic E-state index is 12.9. The number of ether oxygens (including phenoxy) is 1. The van der Waals surface area contributed by atoms with E-state index in [0.717, 1.165) is 11.1 Å². The SMILES string of the molecule is [C-]#[N+][C@@H]1C[C@]2(CN1C(C)C)Oc1c(cccc1-c1ccccc1)NC2=O. The first-order chi connectivity index (χ1) is 12.5. The minimum atomic E-state index is -1.02. The molecule has 132 valence electrons. The quantitative estimate of drug-likeness (QED) is 0.841. The lowest BCUT2D eigenvalue weighted by Gasteiger charge is -2.35.